The molecule has 2 aliphatic rings. The molecule has 2 aliphatic heterocycles. The van der Waals surface area contributed by atoms with Gasteiger partial charge in [-0.3, -0.25) is 19.4 Å². The highest BCUT2D eigenvalue weighted by Crippen LogP contribution is 2.38. The van der Waals surface area contributed by atoms with Gasteiger partial charge in [-0.1, -0.05) is 0 Å². The van der Waals surface area contributed by atoms with Crippen LogP contribution in [0.15, 0.2) is 47.6 Å². The summed E-state index contributed by atoms with van der Waals surface area (Å²) in [4.78, 5) is 61.9. The van der Waals surface area contributed by atoms with Crippen molar-refractivity contribution in [3.05, 3.63) is 58.9 Å². The molecule has 0 spiro atoms. The van der Waals surface area contributed by atoms with E-state index in [0.717, 1.165) is 29.3 Å². The number of esters is 1. The van der Waals surface area contributed by atoms with E-state index >= 15 is 0 Å². The Hall–Kier alpha value is -5.24. The fraction of sp³-hybridized carbons (Fsp3) is 0.333. The standard InChI is InChI=1S/C33H34N6O7S/c1-38-18-28(37-30(38)31(41)35-20-9-10-26-19(13-20)14-27(47-26)33(43)45-3)36-29(40)8-6-12-46-25-16-23-22(15-24(25)44-2)32(42)39-11-5-4-7-21(39)17-34-23/h9-10,13-18,21H,4-8,11-12H2,1-3H3,(H,35,41)(H,36,40). The number of aromatic nitrogens is 2. The molecule has 1 saturated heterocycles. The monoisotopic (exact) mass is 658 g/mol. The first-order valence-corrected chi connectivity index (χ1v) is 16.0. The fourth-order valence-corrected chi connectivity index (χ4v) is 6.61. The smallest absolute Gasteiger partial charge is 0.348 e. The van der Waals surface area contributed by atoms with E-state index in [1.807, 2.05) is 17.2 Å². The van der Waals surface area contributed by atoms with Gasteiger partial charge in [-0.2, -0.15) is 0 Å². The lowest BCUT2D eigenvalue weighted by molar-refractivity contribution is -0.116. The number of thiophene rings is 1. The molecule has 47 heavy (non-hydrogen) atoms. The Balaban J connectivity index is 1.02. The second-order valence-electron chi connectivity index (χ2n) is 11.2. The van der Waals surface area contributed by atoms with Crippen molar-refractivity contribution in [1.29, 1.82) is 0 Å². The Labute approximate surface area is 274 Å². The van der Waals surface area contributed by atoms with Crippen molar-refractivity contribution in [3.63, 3.8) is 0 Å². The number of hydrogen-bond donors (Lipinski definition) is 2. The summed E-state index contributed by atoms with van der Waals surface area (Å²) in [6, 6.07) is 10.4. The number of piperidine rings is 1. The van der Waals surface area contributed by atoms with Crippen LogP contribution in [0, 0.1) is 0 Å². The van der Waals surface area contributed by atoms with Crippen LogP contribution in [-0.2, 0) is 16.6 Å². The van der Waals surface area contributed by atoms with Gasteiger partial charge in [0, 0.05) is 48.9 Å². The SMILES string of the molecule is COC(=O)c1cc2cc(NC(=O)c3nc(NC(=O)CCCOc4cc5c(cc4OC)C(=O)N4CCCCC4C=N5)cn3C)ccc2s1. The lowest BCUT2D eigenvalue weighted by Crippen LogP contribution is -2.43. The van der Waals surface area contributed by atoms with Crippen LogP contribution in [0.2, 0.25) is 0 Å². The van der Waals surface area contributed by atoms with Crippen molar-refractivity contribution < 1.29 is 33.4 Å². The molecule has 0 radical (unpaired) electrons. The predicted molar refractivity (Wildman–Crippen MR) is 178 cm³/mol. The predicted octanol–water partition coefficient (Wildman–Crippen LogP) is 5.19. The van der Waals surface area contributed by atoms with Crippen molar-refractivity contribution in [2.45, 2.75) is 38.1 Å². The maximum Gasteiger partial charge on any atom is 0.348 e. The topological polar surface area (TPSA) is 153 Å². The number of carbonyl (C=O) groups excluding carboxylic acids is 4. The van der Waals surface area contributed by atoms with Gasteiger partial charge >= 0.3 is 5.97 Å². The molecule has 4 heterocycles. The van der Waals surface area contributed by atoms with Crippen LogP contribution < -0.4 is 20.1 Å². The van der Waals surface area contributed by atoms with Crippen LogP contribution in [-0.4, -0.2) is 77.8 Å². The molecule has 3 amide bonds. The molecule has 0 saturated carbocycles. The lowest BCUT2D eigenvalue weighted by atomic mass is 10.0. The molecule has 1 atom stereocenters. The number of aliphatic imine (C=N–C) groups is 1. The number of carbonyl (C=O) groups is 4. The number of methoxy groups -OCH3 is 2. The number of hydrogen-bond acceptors (Lipinski definition) is 10. The van der Waals surface area contributed by atoms with Gasteiger partial charge in [0.2, 0.25) is 11.7 Å². The van der Waals surface area contributed by atoms with Gasteiger partial charge in [-0.25, -0.2) is 9.78 Å². The molecule has 6 rings (SSSR count). The Bertz CT molecular complexity index is 1900. The third-order valence-corrected chi connectivity index (χ3v) is 9.12. The molecular weight excluding hydrogens is 624 g/mol. The minimum absolute atomic E-state index is 0.00680. The fourth-order valence-electron chi connectivity index (χ4n) is 5.65. The van der Waals surface area contributed by atoms with Gasteiger partial charge in [0.05, 0.1) is 38.1 Å². The van der Waals surface area contributed by atoms with Crippen molar-refractivity contribution >= 4 is 68.5 Å². The van der Waals surface area contributed by atoms with Gasteiger partial charge < -0.3 is 34.3 Å². The first kappa shape index (κ1) is 31.7. The van der Waals surface area contributed by atoms with Crippen LogP contribution in [0.4, 0.5) is 17.2 Å². The summed E-state index contributed by atoms with van der Waals surface area (Å²) in [6.45, 7) is 0.930. The molecule has 2 aromatic heterocycles. The number of amides is 3. The maximum atomic E-state index is 13.2. The Kier molecular flexibility index (Phi) is 9.20. The Morgan fingerprint density at radius 2 is 1.91 bits per heavy atom. The average Bonchev–Trinajstić information content (AvgIpc) is 3.63. The second kappa shape index (κ2) is 13.6. The third kappa shape index (κ3) is 6.82. The zero-order valence-electron chi connectivity index (χ0n) is 26.2. The number of imidazole rings is 1. The van der Waals surface area contributed by atoms with Gasteiger partial charge in [-0.15, -0.1) is 11.3 Å². The first-order valence-electron chi connectivity index (χ1n) is 15.2. The first-order chi connectivity index (χ1) is 22.7. The molecule has 1 fully saturated rings. The van der Waals surface area contributed by atoms with Crippen molar-refractivity contribution in [1.82, 2.24) is 14.5 Å². The number of ether oxygens (including phenoxy) is 3. The highest BCUT2D eigenvalue weighted by molar-refractivity contribution is 7.20. The largest absolute Gasteiger partial charge is 0.493 e. The number of benzene rings is 2. The summed E-state index contributed by atoms with van der Waals surface area (Å²) in [7, 11) is 4.50. The van der Waals surface area contributed by atoms with Crippen molar-refractivity contribution in [2.75, 3.05) is 38.0 Å². The zero-order valence-corrected chi connectivity index (χ0v) is 27.0. The van der Waals surface area contributed by atoms with Crippen molar-refractivity contribution in [2.24, 2.45) is 12.0 Å². The number of nitrogens with zero attached hydrogens (tertiary/aromatic N) is 4. The maximum absolute atomic E-state index is 13.2. The molecule has 2 N–H and O–H groups in total. The van der Waals surface area contributed by atoms with Crippen LogP contribution >= 0.6 is 11.3 Å². The highest BCUT2D eigenvalue weighted by atomic mass is 32.1. The number of rotatable bonds is 10. The molecular formula is C33H34N6O7S. The van der Waals surface area contributed by atoms with Gasteiger partial charge in [0.15, 0.2) is 17.3 Å². The van der Waals surface area contributed by atoms with Gasteiger partial charge in [-0.05, 0) is 61.4 Å². The number of anilines is 2. The Morgan fingerprint density at radius 3 is 2.72 bits per heavy atom. The van der Waals surface area contributed by atoms with Crippen molar-refractivity contribution in [3.8, 4) is 11.5 Å². The van der Waals surface area contributed by atoms with E-state index in [2.05, 4.69) is 20.6 Å². The van der Waals surface area contributed by atoms with E-state index in [1.54, 1.807) is 43.6 Å². The van der Waals surface area contributed by atoms with Crippen LogP contribution in [0.3, 0.4) is 0 Å². The van der Waals surface area contributed by atoms with E-state index < -0.39 is 11.9 Å². The molecule has 13 nitrogen and oxygen atoms in total. The number of nitrogens with one attached hydrogen (secondary N) is 2. The van der Waals surface area contributed by atoms with E-state index in [1.165, 1.54) is 30.1 Å². The summed E-state index contributed by atoms with van der Waals surface area (Å²) in [5.41, 5.74) is 1.55. The quantitative estimate of drug-likeness (QED) is 0.174. The summed E-state index contributed by atoms with van der Waals surface area (Å²) in [5, 5.41) is 6.34. The average molecular weight is 659 g/mol. The normalized spacial score (nSPS) is 15.4. The van der Waals surface area contributed by atoms with Gasteiger partial charge in [0.25, 0.3) is 11.8 Å². The minimum Gasteiger partial charge on any atom is -0.493 e. The summed E-state index contributed by atoms with van der Waals surface area (Å²) >= 11 is 1.31. The highest BCUT2D eigenvalue weighted by Gasteiger charge is 2.31. The number of aryl methyl sites for hydroxylation is 1. The molecule has 4 aromatic rings. The third-order valence-electron chi connectivity index (χ3n) is 8.02. The molecule has 2 aromatic carbocycles. The second-order valence-corrected chi connectivity index (χ2v) is 12.3. The zero-order chi connectivity index (χ0) is 33.1. The summed E-state index contributed by atoms with van der Waals surface area (Å²) < 4.78 is 18.7. The van der Waals surface area contributed by atoms with Crippen LogP contribution in [0.25, 0.3) is 10.1 Å². The lowest BCUT2D eigenvalue weighted by Gasteiger charge is -2.32. The minimum atomic E-state index is -0.458. The van der Waals surface area contributed by atoms with E-state index in [0.29, 0.717) is 46.3 Å². The molecule has 14 heteroatoms. The van der Waals surface area contributed by atoms with E-state index in [9.17, 15) is 19.2 Å². The molecule has 0 aliphatic carbocycles. The van der Waals surface area contributed by atoms with Crippen LogP contribution in [0.1, 0.15) is 62.8 Å². The van der Waals surface area contributed by atoms with Gasteiger partial charge in [0.1, 0.15) is 4.88 Å². The number of fused-ring (bicyclic) bond motifs is 3. The Morgan fingerprint density at radius 1 is 1.06 bits per heavy atom. The molecule has 244 valence electrons. The summed E-state index contributed by atoms with van der Waals surface area (Å²) in [5.74, 6) is -0.00516. The summed E-state index contributed by atoms with van der Waals surface area (Å²) in [6.07, 6.45) is 6.87. The van der Waals surface area contributed by atoms with Crippen LogP contribution in [0.5, 0.6) is 11.5 Å². The van der Waals surface area contributed by atoms with E-state index in [4.69, 9.17) is 14.2 Å². The molecule has 1 unspecified atom stereocenters. The van der Waals surface area contributed by atoms with E-state index in [-0.39, 0.29) is 42.5 Å². The molecule has 0 bridgehead atoms.